The number of hydrogen-bond acceptors (Lipinski definition) is 4. The summed E-state index contributed by atoms with van der Waals surface area (Å²) in [5, 5.41) is 3.31. The van der Waals surface area contributed by atoms with E-state index in [9.17, 15) is 26.4 Å². The van der Waals surface area contributed by atoms with Gasteiger partial charge in [0.15, 0.2) is 0 Å². The fourth-order valence-electron chi connectivity index (χ4n) is 3.53. The van der Waals surface area contributed by atoms with Crippen LogP contribution >= 0.6 is 27.5 Å². The van der Waals surface area contributed by atoms with Gasteiger partial charge in [0.2, 0.25) is 10.0 Å². The maximum atomic E-state index is 13.2. The van der Waals surface area contributed by atoms with Gasteiger partial charge in [-0.15, -0.1) is 0 Å². The third-order valence-electron chi connectivity index (χ3n) is 5.18. The summed E-state index contributed by atoms with van der Waals surface area (Å²) in [6.45, 7) is 3.01. The number of hydrazone groups is 1. The lowest BCUT2D eigenvalue weighted by Crippen LogP contribution is -2.39. The van der Waals surface area contributed by atoms with Crippen molar-refractivity contribution in [2.24, 2.45) is 5.10 Å². The number of sulfonamides is 1. The number of amides is 1. The van der Waals surface area contributed by atoms with E-state index in [-0.39, 0.29) is 5.69 Å². The van der Waals surface area contributed by atoms with Gasteiger partial charge in [-0.05, 0) is 62.4 Å². The van der Waals surface area contributed by atoms with Gasteiger partial charge in [0, 0.05) is 27.1 Å². The highest BCUT2D eigenvalue weighted by atomic mass is 79.9. The van der Waals surface area contributed by atoms with Crippen molar-refractivity contribution in [2.45, 2.75) is 20.0 Å². The second-order valence-electron chi connectivity index (χ2n) is 7.86. The Morgan fingerprint density at radius 2 is 1.81 bits per heavy atom. The van der Waals surface area contributed by atoms with E-state index >= 15 is 0 Å². The van der Waals surface area contributed by atoms with Crippen molar-refractivity contribution in [3.8, 4) is 5.69 Å². The van der Waals surface area contributed by atoms with Crippen LogP contribution in [-0.4, -0.2) is 37.9 Å². The molecule has 1 aromatic heterocycles. The highest BCUT2D eigenvalue weighted by Crippen LogP contribution is 2.37. The Kier molecular flexibility index (Phi) is 8.21. The zero-order chi connectivity index (χ0) is 26.8. The number of nitrogens with zero attached hydrogens (tertiary/aromatic N) is 3. The Bertz CT molecular complexity index is 1420. The van der Waals surface area contributed by atoms with Crippen molar-refractivity contribution in [1.29, 1.82) is 0 Å². The Labute approximate surface area is 219 Å². The number of carbonyl (C=O) groups is 1. The number of nitrogens with one attached hydrogen (secondary N) is 1. The predicted molar refractivity (Wildman–Crippen MR) is 137 cm³/mol. The number of benzene rings is 2. The molecule has 1 N–H and O–H groups in total. The van der Waals surface area contributed by atoms with Gasteiger partial charge in [0.1, 0.15) is 6.54 Å². The Morgan fingerprint density at radius 3 is 2.39 bits per heavy atom. The van der Waals surface area contributed by atoms with E-state index < -0.39 is 39.2 Å². The van der Waals surface area contributed by atoms with Gasteiger partial charge in [-0.1, -0.05) is 27.5 Å². The summed E-state index contributed by atoms with van der Waals surface area (Å²) in [6, 6.07) is 12.2. The molecule has 0 saturated heterocycles. The lowest BCUT2D eigenvalue weighted by atomic mass is 10.2. The van der Waals surface area contributed by atoms with E-state index in [1.54, 1.807) is 0 Å². The van der Waals surface area contributed by atoms with Crippen molar-refractivity contribution in [1.82, 2.24) is 9.99 Å². The first-order chi connectivity index (χ1) is 16.7. The monoisotopic (exact) mass is 604 g/mol. The van der Waals surface area contributed by atoms with Crippen LogP contribution in [0, 0.1) is 13.8 Å². The fourth-order valence-corrected chi connectivity index (χ4v) is 4.87. The highest BCUT2D eigenvalue weighted by molar-refractivity contribution is 9.10. The smallest absolute Gasteiger partial charge is 0.318 e. The first kappa shape index (κ1) is 27.8. The van der Waals surface area contributed by atoms with E-state index in [2.05, 4.69) is 26.5 Å². The topological polar surface area (TPSA) is 83.8 Å². The van der Waals surface area contributed by atoms with Crippen LogP contribution in [-0.2, 0) is 21.0 Å². The van der Waals surface area contributed by atoms with Crippen molar-refractivity contribution >= 4 is 55.4 Å². The summed E-state index contributed by atoms with van der Waals surface area (Å²) in [5.41, 5.74) is 4.08. The summed E-state index contributed by atoms with van der Waals surface area (Å²) in [5.74, 6) is -0.845. The largest absolute Gasteiger partial charge is 0.417 e. The Balaban J connectivity index is 1.78. The van der Waals surface area contributed by atoms with Crippen LogP contribution < -0.4 is 9.73 Å². The maximum absolute atomic E-state index is 13.2. The van der Waals surface area contributed by atoms with Crippen molar-refractivity contribution < 1.29 is 26.4 Å². The van der Waals surface area contributed by atoms with Crippen molar-refractivity contribution in [2.75, 3.05) is 17.1 Å². The number of aromatic nitrogens is 1. The number of halogens is 5. The standard InChI is InChI=1S/C23H21BrClF3N4O3S/c1-14-10-16(15(2)32(14)18-6-4-17(24)5-7-18)12-29-30-22(33)13-31(36(3,34)35)19-8-9-21(25)20(11-19)23(26,27)28/h4-12H,13H2,1-3H3,(H,30,33)/b29-12-. The number of anilines is 1. The molecule has 0 fully saturated rings. The molecule has 3 aromatic rings. The van der Waals surface area contributed by atoms with E-state index in [4.69, 9.17) is 11.6 Å². The molecule has 1 heterocycles. The van der Waals surface area contributed by atoms with Gasteiger partial charge >= 0.3 is 6.18 Å². The molecule has 2 aromatic carbocycles. The van der Waals surface area contributed by atoms with Crippen LogP contribution in [0.3, 0.4) is 0 Å². The van der Waals surface area contributed by atoms with Crippen molar-refractivity contribution in [3.63, 3.8) is 0 Å². The molecule has 0 radical (unpaired) electrons. The summed E-state index contributed by atoms with van der Waals surface area (Å²) in [6.07, 6.45) is -2.61. The van der Waals surface area contributed by atoms with E-state index in [0.717, 1.165) is 39.9 Å². The summed E-state index contributed by atoms with van der Waals surface area (Å²) in [7, 11) is -4.10. The minimum atomic E-state index is -4.80. The van der Waals surface area contributed by atoms with Crippen LogP contribution in [0.4, 0.5) is 18.9 Å². The van der Waals surface area contributed by atoms with E-state index in [1.807, 2.05) is 48.7 Å². The summed E-state index contributed by atoms with van der Waals surface area (Å²) in [4.78, 5) is 12.4. The zero-order valence-corrected chi connectivity index (χ0v) is 22.4. The number of hydrogen-bond donors (Lipinski definition) is 1. The molecule has 7 nitrogen and oxygen atoms in total. The van der Waals surface area contributed by atoms with Gasteiger partial charge < -0.3 is 4.57 Å². The van der Waals surface area contributed by atoms with Crippen LogP contribution in [0.25, 0.3) is 5.69 Å². The Hall–Kier alpha value is -2.83. The number of carbonyl (C=O) groups excluding carboxylic acids is 1. The predicted octanol–water partition coefficient (Wildman–Crippen LogP) is 5.45. The van der Waals surface area contributed by atoms with Gasteiger partial charge in [-0.25, -0.2) is 13.8 Å². The number of aryl methyl sites for hydroxylation is 1. The minimum absolute atomic E-state index is 0.355. The lowest BCUT2D eigenvalue weighted by Gasteiger charge is -2.22. The first-order valence-electron chi connectivity index (χ1n) is 10.3. The molecule has 0 saturated carbocycles. The van der Waals surface area contributed by atoms with E-state index in [0.29, 0.717) is 15.9 Å². The fraction of sp³-hybridized carbons (Fsp3) is 0.217. The summed E-state index contributed by atoms with van der Waals surface area (Å²) >= 11 is 9.01. The molecule has 0 bridgehead atoms. The van der Waals surface area contributed by atoms with Crippen molar-refractivity contribution in [3.05, 3.63) is 80.5 Å². The van der Waals surface area contributed by atoms with E-state index in [1.165, 1.54) is 6.21 Å². The maximum Gasteiger partial charge on any atom is 0.417 e. The molecular formula is C23H21BrClF3N4O3S. The van der Waals surface area contributed by atoms with Gasteiger partial charge in [-0.3, -0.25) is 9.10 Å². The molecule has 0 aliphatic rings. The van der Waals surface area contributed by atoms with Crippen LogP contribution in [0.1, 0.15) is 22.5 Å². The second kappa shape index (κ2) is 10.7. The Morgan fingerprint density at radius 1 is 1.17 bits per heavy atom. The minimum Gasteiger partial charge on any atom is -0.318 e. The third kappa shape index (κ3) is 6.48. The molecule has 36 heavy (non-hydrogen) atoms. The van der Waals surface area contributed by atoms with Gasteiger partial charge in [0.05, 0.1) is 28.7 Å². The molecule has 0 atom stereocenters. The molecule has 0 aliphatic heterocycles. The number of alkyl halides is 3. The quantitative estimate of drug-likeness (QED) is 0.287. The van der Waals surface area contributed by atoms with Crippen LogP contribution in [0.5, 0.6) is 0 Å². The molecule has 192 valence electrons. The molecule has 1 amide bonds. The molecule has 0 spiro atoms. The van der Waals surface area contributed by atoms with Crippen LogP contribution in [0.15, 0.2) is 58.1 Å². The second-order valence-corrected chi connectivity index (χ2v) is 11.1. The molecular weight excluding hydrogens is 585 g/mol. The normalized spacial score (nSPS) is 12.2. The van der Waals surface area contributed by atoms with Crippen LogP contribution in [0.2, 0.25) is 5.02 Å². The SMILES string of the molecule is Cc1cc(/C=N\NC(=O)CN(c2ccc(Cl)c(C(F)(F)F)c2)S(C)(=O)=O)c(C)n1-c1ccc(Br)cc1. The average Bonchev–Trinajstić information content (AvgIpc) is 3.05. The lowest BCUT2D eigenvalue weighted by molar-refractivity contribution is -0.137. The van der Waals surface area contributed by atoms with Gasteiger partial charge in [-0.2, -0.15) is 18.3 Å². The first-order valence-corrected chi connectivity index (χ1v) is 13.3. The molecule has 3 rings (SSSR count). The molecule has 0 aliphatic carbocycles. The average molecular weight is 606 g/mol. The third-order valence-corrected chi connectivity index (χ3v) is 7.18. The highest BCUT2D eigenvalue weighted by Gasteiger charge is 2.34. The number of rotatable bonds is 7. The zero-order valence-electron chi connectivity index (χ0n) is 19.3. The molecule has 0 unspecified atom stereocenters. The molecule has 13 heteroatoms. The van der Waals surface area contributed by atoms with Gasteiger partial charge in [0.25, 0.3) is 5.91 Å². The summed E-state index contributed by atoms with van der Waals surface area (Å²) < 4.78 is 67.6.